The maximum atomic E-state index is 5.22. The maximum Gasteiger partial charge on any atom is 0.0805 e. The number of hydrogen-bond acceptors (Lipinski definition) is 1. The first-order valence-electron chi connectivity index (χ1n) is 8.81. The normalized spacial score (nSPS) is 11.1. The van der Waals surface area contributed by atoms with E-state index in [4.69, 9.17) is 4.74 Å². The minimum absolute atomic E-state index is 0.911. The summed E-state index contributed by atoms with van der Waals surface area (Å²) < 4.78 is 5.22. The zero-order valence-electron chi connectivity index (χ0n) is 13.6. The van der Waals surface area contributed by atoms with Gasteiger partial charge in [0, 0.05) is 6.61 Å². The van der Waals surface area contributed by atoms with Gasteiger partial charge in [-0.2, -0.15) is 0 Å². The smallest absolute Gasteiger partial charge is 0.0805 e. The van der Waals surface area contributed by atoms with Crippen LogP contribution in [0.25, 0.3) is 0 Å². The Bertz CT molecular complexity index is 129. The zero-order valence-corrected chi connectivity index (χ0v) is 13.6. The van der Waals surface area contributed by atoms with E-state index in [9.17, 15) is 0 Å². The van der Waals surface area contributed by atoms with Crippen LogP contribution in [0.4, 0.5) is 0 Å². The molecule has 1 heteroatoms. The highest BCUT2D eigenvalue weighted by Gasteiger charge is 1.94. The van der Waals surface area contributed by atoms with Crippen LogP contribution in [0, 0.1) is 6.61 Å². The Morgan fingerprint density at radius 2 is 0.947 bits per heavy atom. The van der Waals surface area contributed by atoms with E-state index in [0.29, 0.717) is 0 Å². The van der Waals surface area contributed by atoms with Crippen LogP contribution < -0.4 is 0 Å². The predicted molar refractivity (Wildman–Crippen MR) is 86.2 cm³/mol. The lowest BCUT2D eigenvalue weighted by Gasteiger charge is -2.03. The summed E-state index contributed by atoms with van der Waals surface area (Å²) in [5.74, 6) is 0. The summed E-state index contributed by atoms with van der Waals surface area (Å²) in [5, 5.41) is 0. The van der Waals surface area contributed by atoms with Crippen LogP contribution in [0.3, 0.4) is 0 Å². The number of ether oxygens (including phenoxy) is 1. The van der Waals surface area contributed by atoms with Crippen molar-refractivity contribution in [2.45, 2.75) is 104 Å². The topological polar surface area (TPSA) is 9.23 Å². The molecule has 19 heavy (non-hydrogen) atoms. The van der Waals surface area contributed by atoms with E-state index in [1.807, 2.05) is 6.92 Å². The van der Waals surface area contributed by atoms with E-state index < -0.39 is 0 Å². The molecule has 0 saturated carbocycles. The molecule has 0 fully saturated rings. The van der Waals surface area contributed by atoms with Crippen LogP contribution in [0.1, 0.15) is 104 Å². The van der Waals surface area contributed by atoms with Crippen molar-refractivity contribution >= 4 is 0 Å². The largest absolute Gasteiger partial charge is 0.376 e. The zero-order chi connectivity index (χ0) is 14.0. The molecule has 115 valence electrons. The van der Waals surface area contributed by atoms with Crippen molar-refractivity contribution in [2.24, 2.45) is 0 Å². The van der Waals surface area contributed by atoms with Crippen molar-refractivity contribution in [3.05, 3.63) is 6.61 Å². The Labute approximate surface area is 122 Å². The molecule has 0 aliphatic heterocycles. The van der Waals surface area contributed by atoms with Gasteiger partial charge in [0.1, 0.15) is 0 Å². The van der Waals surface area contributed by atoms with Gasteiger partial charge in [0.05, 0.1) is 6.61 Å². The fraction of sp³-hybridized carbons (Fsp3) is 0.944. The molecule has 1 radical (unpaired) electrons. The highest BCUT2D eigenvalue weighted by molar-refractivity contribution is 4.49. The molecule has 0 unspecified atom stereocenters. The molecule has 0 saturated heterocycles. The lowest BCUT2D eigenvalue weighted by Crippen LogP contribution is -1.89. The number of rotatable bonds is 16. The molecular formula is C18H37O. The van der Waals surface area contributed by atoms with E-state index in [1.165, 1.54) is 89.9 Å². The summed E-state index contributed by atoms with van der Waals surface area (Å²) >= 11 is 0. The summed E-state index contributed by atoms with van der Waals surface area (Å²) in [6, 6.07) is 0. The van der Waals surface area contributed by atoms with Gasteiger partial charge < -0.3 is 4.74 Å². The van der Waals surface area contributed by atoms with E-state index in [2.05, 4.69) is 6.92 Å². The lowest BCUT2D eigenvalue weighted by molar-refractivity contribution is 0.197. The average Bonchev–Trinajstić information content (AvgIpc) is 2.43. The monoisotopic (exact) mass is 269 g/mol. The van der Waals surface area contributed by atoms with Gasteiger partial charge in [0.25, 0.3) is 0 Å². The SMILES string of the molecule is C[CH]OCCCCCCCCCCCCCCCC. The summed E-state index contributed by atoms with van der Waals surface area (Å²) in [4.78, 5) is 0. The molecule has 0 rings (SSSR count). The summed E-state index contributed by atoms with van der Waals surface area (Å²) in [6.45, 7) is 6.94. The molecule has 0 N–H and O–H groups in total. The fourth-order valence-electron chi connectivity index (χ4n) is 2.50. The molecule has 0 aliphatic carbocycles. The molecular weight excluding hydrogens is 232 g/mol. The lowest BCUT2D eigenvalue weighted by atomic mass is 10.0. The van der Waals surface area contributed by atoms with Crippen LogP contribution in [-0.2, 0) is 4.74 Å². The second-order valence-corrected chi connectivity index (χ2v) is 5.70. The molecule has 0 aromatic carbocycles. The first-order valence-corrected chi connectivity index (χ1v) is 8.81. The second kappa shape index (κ2) is 18.0. The van der Waals surface area contributed by atoms with Crippen LogP contribution in [0.15, 0.2) is 0 Å². The predicted octanol–water partition coefficient (Wildman–Crippen LogP) is 6.67. The number of unbranched alkanes of at least 4 members (excludes halogenated alkanes) is 13. The highest BCUT2D eigenvalue weighted by atomic mass is 16.5. The fourth-order valence-corrected chi connectivity index (χ4v) is 2.50. The van der Waals surface area contributed by atoms with Crippen LogP contribution in [-0.4, -0.2) is 6.61 Å². The molecule has 0 aromatic rings. The Balaban J connectivity index is 2.88. The third-order valence-corrected chi connectivity index (χ3v) is 3.78. The van der Waals surface area contributed by atoms with E-state index in [0.717, 1.165) is 6.61 Å². The molecule has 0 spiro atoms. The van der Waals surface area contributed by atoms with Gasteiger partial charge in [-0.25, -0.2) is 0 Å². The van der Waals surface area contributed by atoms with Gasteiger partial charge in [-0.05, 0) is 13.3 Å². The van der Waals surface area contributed by atoms with Gasteiger partial charge in [0.15, 0.2) is 0 Å². The van der Waals surface area contributed by atoms with Crippen LogP contribution in [0.2, 0.25) is 0 Å². The van der Waals surface area contributed by atoms with Crippen molar-refractivity contribution in [3.63, 3.8) is 0 Å². The molecule has 1 nitrogen and oxygen atoms in total. The highest BCUT2D eigenvalue weighted by Crippen LogP contribution is 2.12. The van der Waals surface area contributed by atoms with Gasteiger partial charge >= 0.3 is 0 Å². The van der Waals surface area contributed by atoms with Crippen molar-refractivity contribution in [2.75, 3.05) is 6.61 Å². The summed E-state index contributed by atoms with van der Waals surface area (Å²) in [7, 11) is 0. The van der Waals surface area contributed by atoms with Gasteiger partial charge in [-0.3, -0.25) is 0 Å². The molecule has 0 amide bonds. The first kappa shape index (κ1) is 19.0. The van der Waals surface area contributed by atoms with E-state index in [-0.39, 0.29) is 0 Å². The molecule has 0 atom stereocenters. The third-order valence-electron chi connectivity index (χ3n) is 3.78. The Morgan fingerprint density at radius 3 is 1.32 bits per heavy atom. The molecule has 0 aliphatic rings. The first-order chi connectivity index (χ1) is 9.41. The number of hydrogen-bond donors (Lipinski definition) is 0. The maximum absolute atomic E-state index is 5.22. The van der Waals surface area contributed by atoms with Crippen molar-refractivity contribution in [1.29, 1.82) is 0 Å². The van der Waals surface area contributed by atoms with Crippen LogP contribution in [0.5, 0.6) is 0 Å². The van der Waals surface area contributed by atoms with Crippen LogP contribution >= 0.6 is 0 Å². The quantitative estimate of drug-likeness (QED) is 0.284. The third kappa shape index (κ3) is 18.0. The molecule has 0 bridgehead atoms. The minimum atomic E-state index is 0.911. The standard InChI is InChI=1S/C18H37O/c1-3-5-6-7-8-9-10-11-12-13-14-15-16-17-18-19-4-2/h4H,3,5-18H2,1-2H3. The Kier molecular flexibility index (Phi) is 17.9. The van der Waals surface area contributed by atoms with Gasteiger partial charge in [0.2, 0.25) is 0 Å². The van der Waals surface area contributed by atoms with Crippen molar-refractivity contribution < 1.29 is 4.74 Å². The van der Waals surface area contributed by atoms with Gasteiger partial charge in [-0.15, -0.1) is 0 Å². The summed E-state index contributed by atoms with van der Waals surface area (Å²) in [5.41, 5.74) is 0. The molecule has 0 heterocycles. The minimum Gasteiger partial charge on any atom is -0.376 e. The Morgan fingerprint density at radius 1 is 0.579 bits per heavy atom. The summed E-state index contributed by atoms with van der Waals surface area (Å²) in [6.07, 6.45) is 19.8. The van der Waals surface area contributed by atoms with Gasteiger partial charge in [-0.1, -0.05) is 90.4 Å². The Hall–Kier alpha value is -0.0400. The van der Waals surface area contributed by atoms with E-state index in [1.54, 1.807) is 6.61 Å². The molecule has 0 aromatic heterocycles. The van der Waals surface area contributed by atoms with E-state index >= 15 is 0 Å². The average molecular weight is 269 g/mol. The second-order valence-electron chi connectivity index (χ2n) is 5.70. The van der Waals surface area contributed by atoms with Crippen molar-refractivity contribution in [1.82, 2.24) is 0 Å². The van der Waals surface area contributed by atoms with Crippen molar-refractivity contribution in [3.8, 4) is 0 Å².